The van der Waals surface area contributed by atoms with Gasteiger partial charge in [0.05, 0.1) is 4.47 Å². The van der Waals surface area contributed by atoms with Crippen LogP contribution in [-0.4, -0.2) is 46.0 Å². The number of aromatic amines is 1. The summed E-state index contributed by atoms with van der Waals surface area (Å²) in [4.78, 5) is 39.5. The summed E-state index contributed by atoms with van der Waals surface area (Å²) in [6.45, 7) is 4.32. The number of carbonyl (C=O) groups excluding carboxylic acids is 1. The molecule has 0 spiro atoms. The third-order valence-electron chi connectivity index (χ3n) is 3.53. The second-order valence-electron chi connectivity index (χ2n) is 5.10. The third-order valence-corrected chi connectivity index (χ3v) is 4.10. The van der Waals surface area contributed by atoms with Crippen LogP contribution in [0.25, 0.3) is 0 Å². The van der Waals surface area contributed by atoms with Crippen molar-refractivity contribution in [3.05, 3.63) is 31.5 Å². The minimum Gasteiger partial charge on any atom is -0.337 e. The fraction of sp³-hybridized carbons (Fsp3) is 0.615. The summed E-state index contributed by atoms with van der Waals surface area (Å²) in [5.41, 5.74) is -1.06. The van der Waals surface area contributed by atoms with E-state index < -0.39 is 11.2 Å². The number of carbonyl (C=O) groups is 1. The van der Waals surface area contributed by atoms with E-state index in [0.29, 0.717) is 6.54 Å². The van der Waals surface area contributed by atoms with Crippen molar-refractivity contribution in [2.75, 3.05) is 19.6 Å². The summed E-state index contributed by atoms with van der Waals surface area (Å²) in [6, 6.07) is 0.180. The standard InChI is InChI=1S/C13H19BrN4O3.ClH/c1-2-5-18(9-3-4-15-6-9)11(19)8-17-7-10(14)12(20)16-13(17)21;/h7,9,15H,2-6,8H2,1H3,(H,16,20,21);1H. The number of nitrogens with zero attached hydrogens (tertiary/aromatic N) is 2. The van der Waals surface area contributed by atoms with Crippen LogP contribution in [0.2, 0.25) is 0 Å². The number of aromatic nitrogens is 2. The predicted octanol–water partition coefficient (Wildman–Crippen LogP) is 0.321. The van der Waals surface area contributed by atoms with Gasteiger partial charge in [-0.15, -0.1) is 12.4 Å². The summed E-state index contributed by atoms with van der Waals surface area (Å²) in [6.07, 6.45) is 3.15. The first-order chi connectivity index (χ1) is 10.0. The molecule has 2 N–H and O–H groups in total. The second-order valence-corrected chi connectivity index (χ2v) is 5.95. The van der Waals surface area contributed by atoms with E-state index in [2.05, 4.69) is 26.2 Å². The minimum absolute atomic E-state index is 0. The lowest BCUT2D eigenvalue weighted by atomic mass is 10.2. The molecule has 0 aliphatic carbocycles. The second kappa shape index (κ2) is 8.50. The number of hydrogen-bond acceptors (Lipinski definition) is 4. The number of halogens is 2. The minimum atomic E-state index is -0.572. The lowest BCUT2D eigenvalue weighted by Crippen LogP contribution is -2.45. The molecule has 22 heavy (non-hydrogen) atoms. The molecule has 0 bridgehead atoms. The molecule has 1 aromatic rings. The Morgan fingerprint density at radius 3 is 2.82 bits per heavy atom. The third kappa shape index (κ3) is 4.44. The van der Waals surface area contributed by atoms with Gasteiger partial charge in [-0.3, -0.25) is 19.1 Å². The first-order valence-corrected chi connectivity index (χ1v) is 7.81. The van der Waals surface area contributed by atoms with Crippen molar-refractivity contribution < 1.29 is 4.79 Å². The smallest absolute Gasteiger partial charge is 0.328 e. The molecule has 0 aromatic carbocycles. The quantitative estimate of drug-likeness (QED) is 0.752. The maximum absolute atomic E-state index is 12.5. The first kappa shape index (κ1) is 18.9. The van der Waals surface area contributed by atoms with Gasteiger partial charge in [-0.1, -0.05) is 6.92 Å². The molecule has 7 nitrogen and oxygen atoms in total. The Morgan fingerprint density at radius 1 is 1.50 bits per heavy atom. The monoisotopic (exact) mass is 394 g/mol. The Bertz CT molecular complexity index is 624. The molecule has 1 aromatic heterocycles. The average molecular weight is 396 g/mol. The highest BCUT2D eigenvalue weighted by molar-refractivity contribution is 9.10. The van der Waals surface area contributed by atoms with Gasteiger partial charge in [0.1, 0.15) is 6.54 Å². The van der Waals surface area contributed by atoms with Crippen molar-refractivity contribution in [3.8, 4) is 0 Å². The Labute approximate surface area is 142 Å². The molecule has 2 heterocycles. The van der Waals surface area contributed by atoms with E-state index in [1.54, 1.807) is 0 Å². The van der Waals surface area contributed by atoms with Crippen LogP contribution in [0.3, 0.4) is 0 Å². The van der Waals surface area contributed by atoms with E-state index in [9.17, 15) is 14.4 Å². The van der Waals surface area contributed by atoms with E-state index in [0.717, 1.165) is 25.9 Å². The van der Waals surface area contributed by atoms with Gasteiger partial charge in [0, 0.05) is 25.3 Å². The van der Waals surface area contributed by atoms with E-state index in [4.69, 9.17) is 0 Å². The molecule has 124 valence electrons. The highest BCUT2D eigenvalue weighted by atomic mass is 79.9. The summed E-state index contributed by atoms with van der Waals surface area (Å²) in [5.74, 6) is -0.105. The Balaban J connectivity index is 0.00000242. The first-order valence-electron chi connectivity index (χ1n) is 7.02. The van der Waals surface area contributed by atoms with Gasteiger partial charge < -0.3 is 10.2 Å². The van der Waals surface area contributed by atoms with Crippen LogP contribution >= 0.6 is 28.3 Å². The summed E-state index contributed by atoms with van der Waals surface area (Å²) < 4.78 is 1.46. The molecule has 0 saturated carbocycles. The molecule has 1 aliphatic rings. The zero-order chi connectivity index (χ0) is 15.4. The van der Waals surface area contributed by atoms with Gasteiger partial charge in [0.25, 0.3) is 5.56 Å². The van der Waals surface area contributed by atoms with Crippen LogP contribution in [0.1, 0.15) is 19.8 Å². The molecule has 1 fully saturated rings. The number of rotatable bonds is 5. The van der Waals surface area contributed by atoms with Crippen molar-refractivity contribution in [1.82, 2.24) is 19.8 Å². The van der Waals surface area contributed by atoms with Crippen molar-refractivity contribution in [1.29, 1.82) is 0 Å². The van der Waals surface area contributed by atoms with Gasteiger partial charge in [-0.2, -0.15) is 0 Å². The molecule has 1 amide bonds. The van der Waals surface area contributed by atoms with Gasteiger partial charge >= 0.3 is 5.69 Å². The highest BCUT2D eigenvalue weighted by Gasteiger charge is 2.26. The molecule has 2 rings (SSSR count). The van der Waals surface area contributed by atoms with Gasteiger partial charge in [-0.05, 0) is 35.3 Å². The molecule has 1 aliphatic heterocycles. The Kier molecular flexibility index (Phi) is 7.31. The number of amides is 1. The average Bonchev–Trinajstić information content (AvgIpc) is 2.95. The van der Waals surface area contributed by atoms with Crippen molar-refractivity contribution >= 4 is 34.2 Å². The van der Waals surface area contributed by atoms with Gasteiger partial charge in [0.2, 0.25) is 5.91 Å². The zero-order valence-electron chi connectivity index (χ0n) is 12.3. The molecular formula is C13H20BrClN4O3. The van der Waals surface area contributed by atoms with E-state index in [1.807, 2.05) is 11.8 Å². The van der Waals surface area contributed by atoms with Gasteiger partial charge in [-0.25, -0.2) is 4.79 Å². The topological polar surface area (TPSA) is 87.2 Å². The van der Waals surface area contributed by atoms with Crippen molar-refractivity contribution in [3.63, 3.8) is 0 Å². The SMILES string of the molecule is CCCN(C(=O)Cn1cc(Br)c(=O)[nH]c1=O)C1CCNC1.Cl. The zero-order valence-corrected chi connectivity index (χ0v) is 14.7. The number of H-pyrrole nitrogens is 1. The summed E-state index contributed by atoms with van der Waals surface area (Å²) in [5, 5.41) is 3.24. The van der Waals surface area contributed by atoms with Crippen molar-refractivity contribution in [2.45, 2.75) is 32.4 Å². The number of nitrogens with one attached hydrogen (secondary N) is 2. The lowest BCUT2D eigenvalue weighted by molar-refractivity contribution is -0.134. The lowest BCUT2D eigenvalue weighted by Gasteiger charge is -2.28. The maximum Gasteiger partial charge on any atom is 0.328 e. The molecule has 1 atom stereocenters. The normalized spacial score (nSPS) is 17.1. The summed E-state index contributed by atoms with van der Waals surface area (Å²) in [7, 11) is 0. The largest absolute Gasteiger partial charge is 0.337 e. The van der Waals surface area contributed by atoms with E-state index in [1.165, 1.54) is 10.8 Å². The van der Waals surface area contributed by atoms with Crippen LogP contribution in [0.15, 0.2) is 20.3 Å². The molecular weight excluding hydrogens is 376 g/mol. The summed E-state index contributed by atoms with van der Waals surface area (Å²) >= 11 is 3.07. The molecule has 1 saturated heterocycles. The fourth-order valence-electron chi connectivity index (χ4n) is 2.49. The number of hydrogen-bond donors (Lipinski definition) is 2. The Morgan fingerprint density at radius 2 is 2.23 bits per heavy atom. The van der Waals surface area contributed by atoms with E-state index in [-0.39, 0.29) is 35.4 Å². The molecule has 0 radical (unpaired) electrons. The fourth-order valence-corrected chi connectivity index (χ4v) is 2.84. The Hall–Kier alpha value is -1.12. The van der Waals surface area contributed by atoms with Crippen LogP contribution in [0.4, 0.5) is 0 Å². The van der Waals surface area contributed by atoms with Gasteiger partial charge in [0.15, 0.2) is 0 Å². The maximum atomic E-state index is 12.5. The highest BCUT2D eigenvalue weighted by Crippen LogP contribution is 2.10. The van der Waals surface area contributed by atoms with Crippen LogP contribution in [0, 0.1) is 0 Å². The van der Waals surface area contributed by atoms with Crippen molar-refractivity contribution in [2.24, 2.45) is 0 Å². The predicted molar refractivity (Wildman–Crippen MR) is 89.5 cm³/mol. The van der Waals surface area contributed by atoms with Crippen LogP contribution < -0.4 is 16.6 Å². The van der Waals surface area contributed by atoms with E-state index >= 15 is 0 Å². The molecule has 9 heteroatoms. The van der Waals surface area contributed by atoms with Crippen LogP contribution in [0.5, 0.6) is 0 Å². The molecule has 1 unspecified atom stereocenters. The van der Waals surface area contributed by atoms with Crippen LogP contribution in [-0.2, 0) is 11.3 Å².